The molecule has 1 fully saturated rings. The summed E-state index contributed by atoms with van der Waals surface area (Å²) in [6.45, 7) is 3.37. The Labute approximate surface area is 193 Å². The molecule has 172 valence electrons. The molecule has 8 nitrogen and oxygen atoms in total. The zero-order valence-electron chi connectivity index (χ0n) is 18.9. The Morgan fingerprint density at radius 1 is 1.22 bits per heavy atom. The Kier molecular flexibility index (Phi) is 7.80. The molecule has 1 aliphatic heterocycles. The van der Waals surface area contributed by atoms with Crippen LogP contribution >= 0.6 is 11.6 Å². The van der Waals surface area contributed by atoms with Crippen LogP contribution in [-0.2, 0) is 6.42 Å². The summed E-state index contributed by atoms with van der Waals surface area (Å²) < 4.78 is 10.6. The van der Waals surface area contributed by atoms with Gasteiger partial charge < -0.3 is 24.6 Å². The van der Waals surface area contributed by atoms with Crippen molar-refractivity contribution in [1.29, 1.82) is 0 Å². The highest BCUT2D eigenvalue weighted by atomic mass is 35.5. The monoisotopic (exact) mass is 460 g/mol. The number of likely N-dealkylation sites (N-methyl/N-ethyl adjacent to an activating group) is 1. The molecule has 2 heterocycles. The van der Waals surface area contributed by atoms with Crippen molar-refractivity contribution in [2.75, 3.05) is 40.9 Å². The number of hydrogen-bond donors (Lipinski definition) is 1. The molecule has 0 unspecified atom stereocenters. The van der Waals surface area contributed by atoms with Crippen molar-refractivity contribution in [1.82, 2.24) is 20.1 Å². The average molecular weight is 461 g/mol. The third-order valence-electron chi connectivity index (χ3n) is 5.55. The number of aryl methyl sites for hydroxylation is 1. The molecule has 0 aliphatic carbocycles. The van der Waals surface area contributed by atoms with Crippen molar-refractivity contribution in [3.63, 3.8) is 0 Å². The molecule has 9 heteroatoms. The topological polar surface area (TPSA) is 84.0 Å². The minimum Gasteiger partial charge on any atom is -0.493 e. The zero-order chi connectivity index (χ0) is 23.3. The van der Waals surface area contributed by atoms with Crippen molar-refractivity contribution in [2.45, 2.75) is 25.8 Å². The number of nitrogens with zero attached hydrogens (tertiary/aromatic N) is 3. The number of urea groups is 1. The summed E-state index contributed by atoms with van der Waals surface area (Å²) >= 11 is 6.14. The fraction of sp³-hybridized carbons (Fsp3) is 0.435. The van der Waals surface area contributed by atoms with Gasteiger partial charge in [-0.05, 0) is 49.6 Å². The number of rotatable bonds is 7. The van der Waals surface area contributed by atoms with Gasteiger partial charge in [0.05, 0.1) is 19.8 Å². The Morgan fingerprint density at radius 2 is 1.97 bits per heavy atom. The quantitative estimate of drug-likeness (QED) is 0.641. The van der Waals surface area contributed by atoms with Crippen molar-refractivity contribution in [2.24, 2.45) is 0 Å². The second kappa shape index (κ2) is 10.5. The van der Waals surface area contributed by atoms with Gasteiger partial charge in [0.1, 0.15) is 5.15 Å². The van der Waals surface area contributed by atoms with E-state index in [1.54, 1.807) is 43.2 Å². The third kappa shape index (κ3) is 5.62. The number of amides is 3. The minimum absolute atomic E-state index is 0.104. The number of ether oxygens (including phenoxy) is 2. The SMILES string of the molecule is COc1ccc(CCN(C)C(=O)N[C@@H]2CCN(C(=O)c3ccc(C)nc3Cl)C2)cc1OC. The van der Waals surface area contributed by atoms with Crippen LogP contribution in [0.25, 0.3) is 0 Å². The number of carbonyl (C=O) groups excluding carboxylic acids is 2. The molecule has 3 rings (SSSR count). The molecule has 1 saturated heterocycles. The molecule has 0 radical (unpaired) electrons. The van der Waals surface area contributed by atoms with E-state index in [1.165, 1.54) is 0 Å². The number of nitrogens with one attached hydrogen (secondary N) is 1. The van der Waals surface area contributed by atoms with Crippen molar-refractivity contribution in [3.8, 4) is 11.5 Å². The molecule has 1 aromatic carbocycles. The van der Waals surface area contributed by atoms with Gasteiger partial charge in [-0.25, -0.2) is 9.78 Å². The van der Waals surface area contributed by atoms with Gasteiger partial charge in [-0.3, -0.25) is 4.79 Å². The number of aromatic nitrogens is 1. The number of pyridine rings is 1. The summed E-state index contributed by atoms with van der Waals surface area (Å²) in [5.41, 5.74) is 2.19. The predicted octanol–water partition coefficient (Wildman–Crippen LogP) is 3.16. The molecule has 0 bridgehead atoms. The molecule has 1 atom stereocenters. The minimum atomic E-state index is -0.167. The molecule has 32 heavy (non-hydrogen) atoms. The van der Waals surface area contributed by atoms with Crippen molar-refractivity contribution < 1.29 is 19.1 Å². The van der Waals surface area contributed by atoms with Crippen molar-refractivity contribution in [3.05, 3.63) is 52.3 Å². The molecular weight excluding hydrogens is 432 g/mol. The first kappa shape index (κ1) is 23.7. The molecule has 0 spiro atoms. The maximum absolute atomic E-state index is 12.8. The van der Waals surface area contributed by atoms with Crippen LogP contribution in [0.5, 0.6) is 11.5 Å². The molecule has 2 aromatic rings. The van der Waals surface area contributed by atoms with Gasteiger partial charge >= 0.3 is 6.03 Å². The maximum Gasteiger partial charge on any atom is 0.317 e. The molecule has 3 amide bonds. The highest BCUT2D eigenvalue weighted by molar-refractivity contribution is 6.32. The smallest absolute Gasteiger partial charge is 0.317 e. The first-order valence-corrected chi connectivity index (χ1v) is 10.8. The first-order chi connectivity index (χ1) is 15.3. The highest BCUT2D eigenvalue weighted by Gasteiger charge is 2.29. The number of hydrogen-bond acceptors (Lipinski definition) is 5. The normalized spacial score (nSPS) is 15.4. The predicted molar refractivity (Wildman–Crippen MR) is 123 cm³/mol. The second-order valence-electron chi connectivity index (χ2n) is 7.84. The Bertz CT molecular complexity index is 984. The number of carbonyl (C=O) groups is 2. The lowest BCUT2D eigenvalue weighted by Crippen LogP contribution is -2.45. The van der Waals surface area contributed by atoms with Gasteiger partial charge in [0, 0.05) is 38.4 Å². The van der Waals surface area contributed by atoms with Crippen LogP contribution in [0.4, 0.5) is 4.79 Å². The zero-order valence-corrected chi connectivity index (χ0v) is 19.6. The lowest BCUT2D eigenvalue weighted by molar-refractivity contribution is 0.0788. The molecular formula is C23H29ClN4O4. The summed E-state index contributed by atoms with van der Waals surface area (Å²) in [6, 6.07) is 8.91. The number of methoxy groups -OCH3 is 2. The van der Waals surface area contributed by atoms with Crippen LogP contribution in [0.1, 0.15) is 28.0 Å². The molecule has 1 aromatic heterocycles. The largest absolute Gasteiger partial charge is 0.493 e. The van der Waals surface area contributed by atoms with Crippen LogP contribution in [0.15, 0.2) is 30.3 Å². The summed E-state index contributed by atoms with van der Waals surface area (Å²) in [7, 11) is 4.95. The summed E-state index contributed by atoms with van der Waals surface area (Å²) in [5.74, 6) is 1.17. The summed E-state index contributed by atoms with van der Waals surface area (Å²) in [5, 5.41) is 3.22. The van der Waals surface area contributed by atoms with E-state index in [0.717, 1.165) is 11.3 Å². The van der Waals surface area contributed by atoms with E-state index < -0.39 is 0 Å². The third-order valence-corrected chi connectivity index (χ3v) is 5.84. The van der Waals surface area contributed by atoms with Gasteiger partial charge in [-0.15, -0.1) is 0 Å². The van der Waals surface area contributed by atoms with Crippen LogP contribution < -0.4 is 14.8 Å². The van der Waals surface area contributed by atoms with E-state index in [1.807, 2.05) is 25.1 Å². The van der Waals surface area contributed by atoms with E-state index in [-0.39, 0.29) is 23.1 Å². The van der Waals surface area contributed by atoms with Crippen LogP contribution in [-0.4, -0.2) is 73.7 Å². The second-order valence-corrected chi connectivity index (χ2v) is 8.20. The summed E-state index contributed by atoms with van der Waals surface area (Å²) in [4.78, 5) is 32.9. The Hall–Kier alpha value is -3.00. The molecule has 0 saturated carbocycles. The fourth-order valence-corrected chi connectivity index (χ4v) is 3.91. The standard InChI is InChI=1S/C23H29ClN4O4/c1-15-5-7-18(21(24)25-15)22(29)28-12-10-17(14-28)26-23(30)27(2)11-9-16-6-8-19(31-3)20(13-16)32-4/h5-8,13,17H,9-12,14H2,1-4H3,(H,26,30)/t17-/m1/s1. The van der Waals surface area contributed by atoms with E-state index in [0.29, 0.717) is 49.5 Å². The van der Waals surface area contributed by atoms with Crippen molar-refractivity contribution >= 4 is 23.5 Å². The fourth-order valence-electron chi connectivity index (χ4n) is 3.64. The number of halogens is 1. The lowest BCUT2D eigenvalue weighted by Gasteiger charge is -2.22. The Morgan fingerprint density at radius 3 is 2.66 bits per heavy atom. The molecule has 1 aliphatic rings. The van der Waals surface area contributed by atoms with E-state index in [4.69, 9.17) is 21.1 Å². The lowest BCUT2D eigenvalue weighted by atomic mass is 10.1. The molecule has 1 N–H and O–H groups in total. The highest BCUT2D eigenvalue weighted by Crippen LogP contribution is 2.27. The van der Waals surface area contributed by atoms with Crippen LogP contribution in [0, 0.1) is 6.92 Å². The van der Waals surface area contributed by atoms with Gasteiger partial charge in [0.15, 0.2) is 11.5 Å². The van der Waals surface area contributed by atoms with Gasteiger partial charge in [0.2, 0.25) is 0 Å². The summed E-state index contributed by atoms with van der Waals surface area (Å²) in [6.07, 6.45) is 1.37. The van der Waals surface area contributed by atoms with Crippen LogP contribution in [0.3, 0.4) is 0 Å². The van der Waals surface area contributed by atoms with Gasteiger partial charge in [-0.1, -0.05) is 17.7 Å². The average Bonchev–Trinajstić information content (AvgIpc) is 3.25. The van der Waals surface area contributed by atoms with E-state index in [2.05, 4.69) is 10.3 Å². The van der Waals surface area contributed by atoms with Crippen LogP contribution in [0.2, 0.25) is 5.15 Å². The maximum atomic E-state index is 12.8. The number of likely N-dealkylation sites (tertiary alicyclic amines) is 1. The number of benzene rings is 1. The van der Waals surface area contributed by atoms with E-state index >= 15 is 0 Å². The van der Waals surface area contributed by atoms with Gasteiger partial charge in [0.25, 0.3) is 5.91 Å². The van der Waals surface area contributed by atoms with Gasteiger partial charge in [-0.2, -0.15) is 0 Å². The van der Waals surface area contributed by atoms with E-state index in [9.17, 15) is 9.59 Å². The first-order valence-electron chi connectivity index (χ1n) is 10.5. The Balaban J connectivity index is 1.50.